The Bertz CT molecular complexity index is 1400. The molecule has 2 aromatic heterocycles. The summed E-state index contributed by atoms with van der Waals surface area (Å²) < 4.78 is 4.11. The van der Waals surface area contributed by atoms with Gasteiger partial charge in [-0.15, -0.1) is 0 Å². The van der Waals surface area contributed by atoms with Crippen LogP contribution in [0.25, 0.3) is 28.6 Å². The van der Waals surface area contributed by atoms with Gasteiger partial charge < -0.3 is 0 Å². The molecule has 0 radical (unpaired) electrons. The van der Waals surface area contributed by atoms with E-state index < -0.39 is 0 Å². The lowest BCUT2D eigenvalue weighted by Crippen LogP contribution is -2.26. The van der Waals surface area contributed by atoms with E-state index in [1.165, 1.54) is 11.3 Å². The van der Waals surface area contributed by atoms with Gasteiger partial charge in [0.05, 0.1) is 34.7 Å². The summed E-state index contributed by atoms with van der Waals surface area (Å²) >= 11 is 6.43. The zero-order chi connectivity index (χ0) is 25.9. The molecule has 0 unspecified atom stereocenters. The van der Waals surface area contributed by atoms with E-state index in [1.54, 1.807) is 0 Å². The quantitative estimate of drug-likeness (QED) is 0.284. The average molecular weight is 512 g/mol. The van der Waals surface area contributed by atoms with Crippen molar-refractivity contribution < 1.29 is 0 Å². The highest BCUT2D eigenvalue weighted by Gasteiger charge is 2.23. The minimum Gasteiger partial charge on any atom is -0.285 e. The van der Waals surface area contributed by atoms with Gasteiger partial charge in [-0.25, -0.2) is 0 Å². The maximum atomic E-state index is 6.43. The van der Waals surface area contributed by atoms with Gasteiger partial charge in [-0.1, -0.05) is 106 Å². The summed E-state index contributed by atoms with van der Waals surface area (Å²) in [7, 11) is 0. The fourth-order valence-corrected chi connectivity index (χ4v) is 4.94. The van der Waals surface area contributed by atoms with Crippen molar-refractivity contribution in [1.29, 1.82) is 0 Å². The summed E-state index contributed by atoms with van der Waals surface area (Å²) in [6.45, 7) is 10.7. The Morgan fingerprint density at radius 2 is 1.49 bits per heavy atom. The first-order valence-corrected chi connectivity index (χ1v) is 13.4. The monoisotopic (exact) mass is 511 g/mol. The third kappa shape index (κ3) is 5.47. The molecule has 2 aromatic carbocycles. The minimum atomic E-state index is 0.284. The second-order valence-electron chi connectivity index (χ2n) is 10.5. The van der Waals surface area contributed by atoms with E-state index in [-0.39, 0.29) is 6.04 Å². The predicted octanol–water partition coefficient (Wildman–Crippen LogP) is 7.51. The molecule has 0 N–H and O–H groups in total. The van der Waals surface area contributed by atoms with Crippen molar-refractivity contribution in [3.8, 4) is 22.5 Å². The molecule has 0 saturated heterocycles. The van der Waals surface area contributed by atoms with E-state index in [0.29, 0.717) is 22.8 Å². The number of allylic oxidation sites excluding steroid dienone is 1. The number of hydrogen-bond acceptors (Lipinski definition) is 3. The Morgan fingerprint density at radius 1 is 0.811 bits per heavy atom. The van der Waals surface area contributed by atoms with Crippen molar-refractivity contribution in [2.45, 2.75) is 46.8 Å². The van der Waals surface area contributed by atoms with Crippen molar-refractivity contribution in [2.75, 3.05) is 0 Å². The highest BCUT2D eigenvalue weighted by atomic mass is 35.5. The van der Waals surface area contributed by atoms with Crippen molar-refractivity contribution in [1.82, 2.24) is 19.6 Å². The highest BCUT2D eigenvalue weighted by Crippen LogP contribution is 2.31. The van der Waals surface area contributed by atoms with Gasteiger partial charge in [-0.05, 0) is 29.9 Å². The van der Waals surface area contributed by atoms with Crippen LogP contribution in [0, 0.1) is 17.8 Å². The summed E-state index contributed by atoms with van der Waals surface area (Å²) in [5, 5.41) is 10.1. The third-order valence-electron chi connectivity index (χ3n) is 7.13. The van der Waals surface area contributed by atoms with Crippen LogP contribution in [0.3, 0.4) is 0 Å². The molecule has 0 aliphatic carbocycles. The summed E-state index contributed by atoms with van der Waals surface area (Å²) in [6.07, 6.45) is 6.38. The first-order valence-electron chi connectivity index (χ1n) is 13.1. The van der Waals surface area contributed by atoms with Gasteiger partial charge in [0, 0.05) is 23.9 Å². The molecule has 2 aliphatic rings. The fraction of sp³-hybridized carbons (Fsp3) is 0.323. The molecule has 0 saturated carbocycles. The molecule has 190 valence electrons. The van der Waals surface area contributed by atoms with Gasteiger partial charge in [-0.3, -0.25) is 14.4 Å². The first kappa shape index (κ1) is 25.2. The van der Waals surface area contributed by atoms with Crippen LogP contribution in [0.1, 0.15) is 39.1 Å². The lowest BCUT2D eigenvalue weighted by molar-refractivity contribution is 0.380. The minimum absolute atomic E-state index is 0.284. The number of aromatic nitrogens is 4. The van der Waals surface area contributed by atoms with E-state index in [9.17, 15) is 0 Å². The van der Waals surface area contributed by atoms with Crippen molar-refractivity contribution >= 4 is 23.9 Å². The molecule has 6 rings (SSSR count). The summed E-state index contributed by atoms with van der Waals surface area (Å²) in [6, 6.07) is 22.8. The zero-order valence-electron chi connectivity index (χ0n) is 21.9. The summed E-state index contributed by atoms with van der Waals surface area (Å²) in [5.41, 5.74) is 6.27. The second kappa shape index (κ2) is 10.9. The maximum Gasteiger partial charge on any atom is 0.112 e. The molecule has 0 bridgehead atoms. The van der Waals surface area contributed by atoms with Crippen LogP contribution in [0.2, 0.25) is 5.02 Å². The van der Waals surface area contributed by atoms with Gasteiger partial charge in [0.2, 0.25) is 0 Å². The van der Waals surface area contributed by atoms with Crippen LogP contribution in [0.15, 0.2) is 77.8 Å². The van der Waals surface area contributed by atoms with E-state index >= 15 is 0 Å². The number of halogens is 1. The molecule has 4 heterocycles. The molecule has 6 heteroatoms. The number of benzene rings is 2. The van der Waals surface area contributed by atoms with E-state index in [4.69, 9.17) is 16.7 Å². The summed E-state index contributed by atoms with van der Waals surface area (Å²) in [4.78, 5) is 4.57. The summed E-state index contributed by atoms with van der Waals surface area (Å²) in [5.74, 6) is 1.77. The number of hydrogen-bond donors (Lipinski definition) is 0. The third-order valence-corrected chi connectivity index (χ3v) is 7.50. The standard InChI is InChI=1S/C16H18N2.C15H16ClN3/c1-12(2)14-8-9-15-10-16(17-18(15)11-14)13-6-4-3-5-7-13;1-10(2)12-9-19-13(8-17-12)14(16)15(18-19)11-6-4-3-5-7-11/h3-10,12,14H,11H2,1-2H3;3-8,10,12H,9H2,1-2H3/t14-;12-/m00/s1. The molecule has 2 aliphatic heterocycles. The van der Waals surface area contributed by atoms with Crippen molar-refractivity contribution in [3.63, 3.8) is 0 Å². The van der Waals surface area contributed by atoms with Crippen molar-refractivity contribution in [2.24, 2.45) is 22.7 Å². The van der Waals surface area contributed by atoms with Crippen LogP contribution in [-0.4, -0.2) is 31.8 Å². The Labute approximate surface area is 224 Å². The molecule has 37 heavy (non-hydrogen) atoms. The average Bonchev–Trinajstić information content (AvgIpc) is 3.50. The van der Waals surface area contributed by atoms with E-state index in [2.05, 4.69) is 85.0 Å². The molecule has 4 aromatic rings. The Morgan fingerprint density at radius 3 is 2.14 bits per heavy atom. The second-order valence-corrected chi connectivity index (χ2v) is 10.8. The Hall–Kier alpha value is -3.44. The van der Waals surface area contributed by atoms with Crippen LogP contribution < -0.4 is 0 Å². The van der Waals surface area contributed by atoms with Crippen LogP contribution >= 0.6 is 11.6 Å². The predicted molar refractivity (Wildman–Crippen MR) is 154 cm³/mol. The number of rotatable bonds is 4. The number of nitrogens with zero attached hydrogens (tertiary/aromatic N) is 5. The normalized spacial score (nSPS) is 17.9. The lowest BCUT2D eigenvalue weighted by atomic mass is 9.93. The lowest BCUT2D eigenvalue weighted by Gasteiger charge is -2.21. The molecular formula is C31H34ClN5. The molecular weight excluding hydrogens is 478 g/mol. The van der Waals surface area contributed by atoms with Gasteiger partial charge in [-0.2, -0.15) is 10.2 Å². The smallest absolute Gasteiger partial charge is 0.112 e. The van der Waals surface area contributed by atoms with Crippen LogP contribution in [-0.2, 0) is 13.1 Å². The maximum absolute atomic E-state index is 6.43. The topological polar surface area (TPSA) is 48.0 Å². The Kier molecular flexibility index (Phi) is 7.43. The zero-order valence-corrected chi connectivity index (χ0v) is 22.7. The van der Waals surface area contributed by atoms with Crippen LogP contribution in [0.4, 0.5) is 0 Å². The highest BCUT2D eigenvalue weighted by molar-refractivity contribution is 6.35. The van der Waals surface area contributed by atoms with E-state index in [1.807, 2.05) is 47.3 Å². The SMILES string of the molecule is CC(C)[C@@H]1Cn2nc(-c3ccccc3)c(Cl)c2C=N1.CC(C)[C@H]1C=Cc2cc(-c3ccccc3)nn2C1. The van der Waals surface area contributed by atoms with Gasteiger partial charge >= 0.3 is 0 Å². The fourth-order valence-electron chi connectivity index (χ4n) is 4.65. The van der Waals surface area contributed by atoms with Gasteiger partial charge in [0.25, 0.3) is 0 Å². The van der Waals surface area contributed by atoms with Crippen LogP contribution in [0.5, 0.6) is 0 Å². The number of fused-ring (bicyclic) bond motifs is 2. The van der Waals surface area contributed by atoms with Gasteiger partial charge in [0.1, 0.15) is 5.69 Å². The molecule has 0 fully saturated rings. The molecule has 0 amide bonds. The first-order chi connectivity index (χ1) is 17.9. The Balaban J connectivity index is 0.000000152. The molecule has 5 nitrogen and oxygen atoms in total. The van der Waals surface area contributed by atoms with Crippen molar-refractivity contribution in [3.05, 3.63) is 89.2 Å². The molecule has 2 atom stereocenters. The largest absolute Gasteiger partial charge is 0.285 e. The van der Waals surface area contributed by atoms with E-state index in [0.717, 1.165) is 35.7 Å². The number of aliphatic imine (C=N–C) groups is 1. The van der Waals surface area contributed by atoms with Gasteiger partial charge in [0.15, 0.2) is 0 Å². The molecule has 0 spiro atoms.